The van der Waals surface area contributed by atoms with E-state index in [1.54, 1.807) is 25.3 Å². The molecular formula is C18H21FN4O2. The van der Waals surface area contributed by atoms with Crippen LogP contribution in [0.1, 0.15) is 0 Å². The van der Waals surface area contributed by atoms with Crippen molar-refractivity contribution in [2.75, 3.05) is 50.1 Å². The highest BCUT2D eigenvalue weighted by atomic mass is 19.1. The van der Waals surface area contributed by atoms with E-state index in [1.165, 1.54) is 6.07 Å². The molecule has 1 saturated heterocycles. The molecule has 1 amide bonds. The first-order valence-electron chi connectivity index (χ1n) is 8.18. The van der Waals surface area contributed by atoms with E-state index in [9.17, 15) is 9.18 Å². The van der Waals surface area contributed by atoms with E-state index in [4.69, 9.17) is 4.74 Å². The van der Waals surface area contributed by atoms with Crippen LogP contribution in [0.4, 0.5) is 15.9 Å². The number of rotatable bonds is 5. The maximum absolute atomic E-state index is 13.2. The number of anilines is 2. The molecule has 2 aromatic rings. The molecule has 0 saturated carbocycles. The van der Waals surface area contributed by atoms with Gasteiger partial charge in [0.15, 0.2) is 0 Å². The van der Waals surface area contributed by atoms with E-state index in [0.717, 1.165) is 13.1 Å². The number of hydrogen-bond acceptors (Lipinski definition) is 5. The van der Waals surface area contributed by atoms with Crippen LogP contribution in [0.15, 0.2) is 42.5 Å². The van der Waals surface area contributed by atoms with Gasteiger partial charge in [0, 0.05) is 26.2 Å². The quantitative estimate of drug-likeness (QED) is 0.841. The Morgan fingerprint density at radius 1 is 1.16 bits per heavy atom. The number of carbonyl (C=O) groups excluding carboxylic acids is 1. The van der Waals surface area contributed by atoms with Crippen molar-refractivity contribution in [3.63, 3.8) is 0 Å². The zero-order valence-corrected chi connectivity index (χ0v) is 14.1. The SMILES string of the molecule is COc1ccccc1NC(=O)CN1CCN(c2cccc(F)n2)CC1. The number of halogens is 1. The normalized spacial score (nSPS) is 15.0. The molecule has 0 spiro atoms. The fourth-order valence-electron chi connectivity index (χ4n) is 2.85. The van der Waals surface area contributed by atoms with Gasteiger partial charge in [0.1, 0.15) is 11.6 Å². The molecule has 1 fully saturated rings. The lowest BCUT2D eigenvalue weighted by molar-refractivity contribution is -0.117. The highest BCUT2D eigenvalue weighted by Crippen LogP contribution is 2.23. The summed E-state index contributed by atoms with van der Waals surface area (Å²) in [5.74, 6) is 0.717. The Labute approximate surface area is 146 Å². The minimum absolute atomic E-state index is 0.0816. The van der Waals surface area contributed by atoms with Gasteiger partial charge in [-0.25, -0.2) is 4.98 Å². The molecule has 0 radical (unpaired) electrons. The third-order valence-electron chi connectivity index (χ3n) is 4.14. The minimum atomic E-state index is -0.476. The van der Waals surface area contributed by atoms with Crippen LogP contribution in [0, 0.1) is 5.95 Å². The number of pyridine rings is 1. The predicted octanol–water partition coefficient (Wildman–Crippen LogP) is 1.99. The smallest absolute Gasteiger partial charge is 0.238 e. The van der Waals surface area contributed by atoms with Gasteiger partial charge in [-0.3, -0.25) is 9.69 Å². The third kappa shape index (κ3) is 4.45. The number of hydrogen-bond donors (Lipinski definition) is 1. The zero-order valence-electron chi connectivity index (χ0n) is 14.1. The van der Waals surface area contributed by atoms with Crippen molar-refractivity contribution in [2.45, 2.75) is 0 Å². The van der Waals surface area contributed by atoms with Gasteiger partial charge in [-0.05, 0) is 24.3 Å². The summed E-state index contributed by atoms with van der Waals surface area (Å²) in [5.41, 5.74) is 0.664. The lowest BCUT2D eigenvalue weighted by Crippen LogP contribution is -2.49. The maximum atomic E-state index is 13.2. The molecule has 0 aliphatic carbocycles. The Morgan fingerprint density at radius 3 is 2.64 bits per heavy atom. The van der Waals surface area contributed by atoms with Crippen LogP contribution in [-0.4, -0.2) is 55.6 Å². The lowest BCUT2D eigenvalue weighted by Gasteiger charge is -2.34. The Kier molecular flexibility index (Phi) is 5.45. The van der Waals surface area contributed by atoms with Crippen LogP contribution >= 0.6 is 0 Å². The van der Waals surface area contributed by atoms with Crippen molar-refractivity contribution in [1.82, 2.24) is 9.88 Å². The van der Waals surface area contributed by atoms with Crippen molar-refractivity contribution < 1.29 is 13.9 Å². The first-order valence-corrected chi connectivity index (χ1v) is 8.18. The summed E-state index contributed by atoms with van der Waals surface area (Å²) < 4.78 is 18.5. The van der Waals surface area contributed by atoms with Crippen molar-refractivity contribution in [2.24, 2.45) is 0 Å². The summed E-state index contributed by atoms with van der Waals surface area (Å²) in [6.45, 7) is 3.16. The van der Waals surface area contributed by atoms with Gasteiger partial charge in [0.2, 0.25) is 11.9 Å². The summed E-state index contributed by atoms with van der Waals surface area (Å²) in [7, 11) is 1.57. The predicted molar refractivity (Wildman–Crippen MR) is 94.5 cm³/mol. The average molecular weight is 344 g/mol. The maximum Gasteiger partial charge on any atom is 0.238 e. The van der Waals surface area contributed by atoms with Crippen LogP contribution in [0.2, 0.25) is 0 Å². The first kappa shape index (κ1) is 17.2. The van der Waals surface area contributed by atoms with Crippen molar-refractivity contribution in [3.05, 3.63) is 48.4 Å². The van der Waals surface area contributed by atoms with Gasteiger partial charge in [-0.15, -0.1) is 0 Å². The Bertz CT molecular complexity index is 733. The summed E-state index contributed by atoms with van der Waals surface area (Å²) in [6, 6.07) is 12.1. The molecule has 25 heavy (non-hydrogen) atoms. The summed E-state index contributed by atoms with van der Waals surface area (Å²) in [5, 5.41) is 2.88. The second kappa shape index (κ2) is 7.94. The number of benzene rings is 1. The standard InChI is InChI=1S/C18H21FN4O2/c1-25-15-6-3-2-5-14(15)20-18(24)13-22-9-11-23(12-10-22)17-8-4-7-16(19)21-17/h2-8H,9-13H2,1H3,(H,20,24). The molecule has 0 unspecified atom stereocenters. The van der Waals surface area contributed by atoms with Crippen LogP contribution in [0.5, 0.6) is 5.75 Å². The highest BCUT2D eigenvalue weighted by Gasteiger charge is 2.20. The Morgan fingerprint density at radius 2 is 1.92 bits per heavy atom. The number of methoxy groups -OCH3 is 1. The van der Waals surface area contributed by atoms with E-state index in [-0.39, 0.29) is 5.91 Å². The molecule has 1 aliphatic heterocycles. The molecule has 1 aromatic carbocycles. The number of para-hydroxylation sites is 2. The van der Waals surface area contributed by atoms with E-state index in [1.807, 2.05) is 23.1 Å². The van der Waals surface area contributed by atoms with Gasteiger partial charge in [-0.1, -0.05) is 18.2 Å². The number of piperazine rings is 1. The Hall–Kier alpha value is -2.67. The molecule has 0 bridgehead atoms. The summed E-state index contributed by atoms with van der Waals surface area (Å²) in [4.78, 5) is 20.3. The molecule has 1 N–H and O–H groups in total. The molecular weight excluding hydrogens is 323 g/mol. The number of nitrogens with zero attached hydrogens (tertiary/aromatic N) is 3. The summed E-state index contributed by atoms with van der Waals surface area (Å²) in [6.07, 6.45) is 0. The number of ether oxygens (including phenoxy) is 1. The molecule has 7 heteroatoms. The molecule has 1 aromatic heterocycles. The summed E-state index contributed by atoms with van der Waals surface area (Å²) >= 11 is 0. The van der Waals surface area contributed by atoms with E-state index >= 15 is 0 Å². The van der Waals surface area contributed by atoms with E-state index < -0.39 is 5.95 Å². The molecule has 3 rings (SSSR count). The molecule has 2 heterocycles. The van der Waals surface area contributed by atoms with Crippen molar-refractivity contribution in [3.8, 4) is 5.75 Å². The number of nitrogens with one attached hydrogen (secondary N) is 1. The van der Waals surface area contributed by atoms with E-state index in [0.29, 0.717) is 36.9 Å². The second-order valence-electron chi connectivity index (χ2n) is 5.83. The topological polar surface area (TPSA) is 57.7 Å². The van der Waals surface area contributed by atoms with Crippen molar-refractivity contribution in [1.29, 1.82) is 0 Å². The van der Waals surface area contributed by atoms with Gasteiger partial charge in [0.25, 0.3) is 0 Å². The largest absolute Gasteiger partial charge is 0.495 e. The van der Waals surface area contributed by atoms with Crippen LogP contribution in [0.3, 0.4) is 0 Å². The van der Waals surface area contributed by atoms with Gasteiger partial charge >= 0.3 is 0 Å². The molecule has 0 atom stereocenters. The monoisotopic (exact) mass is 344 g/mol. The van der Waals surface area contributed by atoms with Crippen molar-refractivity contribution >= 4 is 17.4 Å². The number of aromatic nitrogens is 1. The molecule has 6 nitrogen and oxygen atoms in total. The van der Waals surface area contributed by atoms with Crippen LogP contribution in [-0.2, 0) is 4.79 Å². The van der Waals surface area contributed by atoms with Crippen LogP contribution in [0.25, 0.3) is 0 Å². The zero-order chi connectivity index (χ0) is 17.6. The average Bonchev–Trinajstić information content (AvgIpc) is 2.63. The lowest BCUT2D eigenvalue weighted by atomic mass is 10.2. The van der Waals surface area contributed by atoms with Gasteiger partial charge in [-0.2, -0.15) is 4.39 Å². The van der Waals surface area contributed by atoms with Gasteiger partial charge < -0.3 is 15.0 Å². The minimum Gasteiger partial charge on any atom is -0.495 e. The second-order valence-corrected chi connectivity index (χ2v) is 5.83. The molecule has 132 valence electrons. The van der Waals surface area contributed by atoms with Crippen LogP contribution < -0.4 is 15.0 Å². The first-order chi connectivity index (χ1) is 12.2. The van der Waals surface area contributed by atoms with Gasteiger partial charge in [0.05, 0.1) is 19.3 Å². The molecule has 1 aliphatic rings. The number of amides is 1. The fourth-order valence-corrected chi connectivity index (χ4v) is 2.85. The third-order valence-corrected chi connectivity index (χ3v) is 4.14. The fraction of sp³-hybridized carbons (Fsp3) is 0.333. The highest BCUT2D eigenvalue weighted by molar-refractivity contribution is 5.93. The van der Waals surface area contributed by atoms with E-state index in [2.05, 4.69) is 15.2 Å². The Balaban J connectivity index is 1.51. The number of carbonyl (C=O) groups is 1.